The van der Waals surface area contributed by atoms with Crippen molar-refractivity contribution >= 4 is 12.0 Å². The standard InChI is InChI=1S/C12H16N4O3/c1-7-4-14-9(5-13-7)6-15-12(19)16-10(11(17)18)8-2-3-8/h4-5,8,10H,2-3,6H2,1H3,(H,17,18)(H2,15,16,19). The van der Waals surface area contributed by atoms with Crippen molar-refractivity contribution in [3.8, 4) is 0 Å². The minimum Gasteiger partial charge on any atom is -0.480 e. The van der Waals surface area contributed by atoms with E-state index in [2.05, 4.69) is 20.6 Å². The number of nitrogens with zero attached hydrogens (tertiary/aromatic N) is 2. The quantitative estimate of drug-likeness (QED) is 0.716. The highest BCUT2D eigenvalue weighted by Gasteiger charge is 2.37. The van der Waals surface area contributed by atoms with Crippen LogP contribution in [0.15, 0.2) is 12.4 Å². The van der Waals surface area contributed by atoms with E-state index in [1.165, 1.54) is 0 Å². The SMILES string of the molecule is Cc1cnc(CNC(=O)NC(C(=O)O)C2CC2)cn1. The van der Waals surface area contributed by atoms with Gasteiger partial charge in [0, 0.05) is 6.20 Å². The lowest BCUT2D eigenvalue weighted by atomic mass is 10.2. The van der Waals surface area contributed by atoms with Gasteiger partial charge in [-0.25, -0.2) is 9.59 Å². The maximum absolute atomic E-state index is 11.6. The summed E-state index contributed by atoms with van der Waals surface area (Å²) in [5, 5.41) is 14.0. The topological polar surface area (TPSA) is 104 Å². The minimum atomic E-state index is -0.993. The molecule has 0 radical (unpaired) electrons. The molecule has 1 aromatic rings. The summed E-state index contributed by atoms with van der Waals surface area (Å²) in [6, 6.07) is -1.30. The molecular formula is C12H16N4O3. The first kappa shape index (κ1) is 13.3. The van der Waals surface area contributed by atoms with Gasteiger partial charge in [0.15, 0.2) is 0 Å². The third kappa shape index (κ3) is 3.90. The van der Waals surface area contributed by atoms with E-state index in [0.29, 0.717) is 5.69 Å². The van der Waals surface area contributed by atoms with Crippen LogP contribution in [-0.4, -0.2) is 33.1 Å². The average molecular weight is 264 g/mol. The summed E-state index contributed by atoms with van der Waals surface area (Å²) < 4.78 is 0. The van der Waals surface area contributed by atoms with E-state index in [1.54, 1.807) is 12.4 Å². The fourth-order valence-electron chi connectivity index (χ4n) is 1.68. The van der Waals surface area contributed by atoms with Gasteiger partial charge in [-0.2, -0.15) is 0 Å². The first-order valence-electron chi connectivity index (χ1n) is 6.11. The molecule has 1 aliphatic carbocycles. The highest BCUT2D eigenvalue weighted by molar-refractivity contribution is 5.83. The van der Waals surface area contributed by atoms with Gasteiger partial charge in [0.05, 0.1) is 24.1 Å². The van der Waals surface area contributed by atoms with E-state index >= 15 is 0 Å². The fourth-order valence-corrected chi connectivity index (χ4v) is 1.68. The maximum atomic E-state index is 11.6. The highest BCUT2D eigenvalue weighted by Crippen LogP contribution is 2.32. The van der Waals surface area contributed by atoms with Gasteiger partial charge in [0.1, 0.15) is 6.04 Å². The minimum absolute atomic E-state index is 0.0578. The predicted octanol–water partition coefficient (Wildman–Crippen LogP) is 0.447. The van der Waals surface area contributed by atoms with Crippen LogP contribution in [0.2, 0.25) is 0 Å². The van der Waals surface area contributed by atoms with E-state index in [9.17, 15) is 9.59 Å². The Bertz CT molecular complexity index is 470. The Kier molecular flexibility index (Phi) is 3.94. The first-order chi connectivity index (χ1) is 9.06. The molecule has 1 unspecified atom stereocenters. The van der Waals surface area contributed by atoms with Crippen LogP contribution < -0.4 is 10.6 Å². The van der Waals surface area contributed by atoms with Crippen molar-refractivity contribution in [2.45, 2.75) is 32.4 Å². The molecule has 2 amide bonds. The molecule has 1 atom stereocenters. The van der Waals surface area contributed by atoms with Crippen molar-refractivity contribution in [2.75, 3.05) is 0 Å². The second-order valence-electron chi connectivity index (χ2n) is 4.63. The molecule has 2 rings (SSSR count). The van der Waals surface area contributed by atoms with Crippen molar-refractivity contribution < 1.29 is 14.7 Å². The Labute approximate surface area is 110 Å². The number of hydrogen-bond donors (Lipinski definition) is 3. The van der Waals surface area contributed by atoms with Crippen LogP contribution >= 0.6 is 0 Å². The molecule has 0 aliphatic heterocycles. The highest BCUT2D eigenvalue weighted by atomic mass is 16.4. The number of rotatable bonds is 5. The van der Waals surface area contributed by atoms with Crippen LogP contribution in [0.25, 0.3) is 0 Å². The molecule has 102 valence electrons. The summed E-state index contributed by atoms with van der Waals surface area (Å²) in [6.07, 6.45) is 4.88. The fraction of sp³-hybridized carbons (Fsp3) is 0.500. The number of carboxylic acids is 1. The van der Waals surface area contributed by atoms with Crippen LogP contribution in [0, 0.1) is 12.8 Å². The number of carbonyl (C=O) groups is 2. The number of aliphatic carboxylic acids is 1. The zero-order chi connectivity index (χ0) is 13.8. The van der Waals surface area contributed by atoms with Crippen molar-refractivity contribution in [1.82, 2.24) is 20.6 Å². The molecule has 1 fully saturated rings. The van der Waals surface area contributed by atoms with Crippen LogP contribution in [0.1, 0.15) is 24.2 Å². The van der Waals surface area contributed by atoms with Crippen LogP contribution in [0.5, 0.6) is 0 Å². The van der Waals surface area contributed by atoms with Gasteiger partial charge in [-0.15, -0.1) is 0 Å². The Balaban J connectivity index is 1.80. The summed E-state index contributed by atoms with van der Waals surface area (Å²) in [6.45, 7) is 2.04. The molecule has 1 aliphatic rings. The number of urea groups is 1. The molecule has 0 saturated heterocycles. The Morgan fingerprint density at radius 2 is 2.16 bits per heavy atom. The van der Waals surface area contributed by atoms with E-state index in [0.717, 1.165) is 18.5 Å². The number of carbonyl (C=O) groups excluding carboxylic acids is 1. The summed E-state index contributed by atoms with van der Waals surface area (Å²) in [5.74, 6) is -0.935. The lowest BCUT2D eigenvalue weighted by Gasteiger charge is -2.14. The monoisotopic (exact) mass is 264 g/mol. The lowest BCUT2D eigenvalue weighted by Crippen LogP contribution is -2.47. The Hall–Kier alpha value is -2.18. The molecule has 19 heavy (non-hydrogen) atoms. The summed E-state index contributed by atoms with van der Waals surface area (Å²) in [7, 11) is 0. The molecular weight excluding hydrogens is 248 g/mol. The second-order valence-corrected chi connectivity index (χ2v) is 4.63. The van der Waals surface area contributed by atoms with Crippen molar-refractivity contribution in [3.63, 3.8) is 0 Å². The second kappa shape index (κ2) is 5.64. The van der Waals surface area contributed by atoms with E-state index in [1.807, 2.05) is 6.92 Å². The van der Waals surface area contributed by atoms with Gasteiger partial charge in [-0.1, -0.05) is 0 Å². The van der Waals surface area contributed by atoms with Gasteiger partial charge in [0.25, 0.3) is 0 Å². The number of aryl methyl sites for hydroxylation is 1. The molecule has 0 bridgehead atoms. The number of aromatic nitrogens is 2. The van der Waals surface area contributed by atoms with Gasteiger partial charge in [0.2, 0.25) is 0 Å². The third-order valence-corrected chi connectivity index (χ3v) is 2.91. The Morgan fingerprint density at radius 1 is 1.42 bits per heavy atom. The largest absolute Gasteiger partial charge is 0.480 e. The van der Waals surface area contributed by atoms with Crippen LogP contribution in [0.4, 0.5) is 4.79 Å². The normalized spacial score (nSPS) is 15.6. The molecule has 1 heterocycles. The predicted molar refractivity (Wildman–Crippen MR) is 66.3 cm³/mol. The molecule has 0 aromatic carbocycles. The summed E-state index contributed by atoms with van der Waals surface area (Å²) in [4.78, 5) is 30.7. The molecule has 1 aromatic heterocycles. The molecule has 7 heteroatoms. The number of amides is 2. The molecule has 0 spiro atoms. The first-order valence-corrected chi connectivity index (χ1v) is 6.11. The van der Waals surface area contributed by atoms with Crippen LogP contribution in [-0.2, 0) is 11.3 Å². The Morgan fingerprint density at radius 3 is 2.68 bits per heavy atom. The average Bonchev–Trinajstić information content (AvgIpc) is 3.19. The van der Waals surface area contributed by atoms with Gasteiger partial charge in [-0.3, -0.25) is 9.97 Å². The van der Waals surface area contributed by atoms with Gasteiger partial charge < -0.3 is 15.7 Å². The van der Waals surface area contributed by atoms with E-state index < -0.39 is 18.0 Å². The zero-order valence-electron chi connectivity index (χ0n) is 10.6. The zero-order valence-corrected chi connectivity index (χ0v) is 10.6. The summed E-state index contributed by atoms with van der Waals surface area (Å²) in [5.41, 5.74) is 1.42. The third-order valence-electron chi connectivity index (χ3n) is 2.91. The number of hydrogen-bond acceptors (Lipinski definition) is 4. The molecule has 1 saturated carbocycles. The van der Waals surface area contributed by atoms with Crippen molar-refractivity contribution in [3.05, 3.63) is 23.8 Å². The van der Waals surface area contributed by atoms with E-state index in [-0.39, 0.29) is 12.5 Å². The maximum Gasteiger partial charge on any atom is 0.326 e. The molecule has 7 nitrogen and oxygen atoms in total. The lowest BCUT2D eigenvalue weighted by molar-refractivity contribution is -0.139. The van der Waals surface area contributed by atoms with Crippen LogP contribution in [0.3, 0.4) is 0 Å². The number of nitrogens with one attached hydrogen (secondary N) is 2. The summed E-state index contributed by atoms with van der Waals surface area (Å²) >= 11 is 0. The van der Waals surface area contributed by atoms with Crippen molar-refractivity contribution in [2.24, 2.45) is 5.92 Å². The van der Waals surface area contributed by atoms with Gasteiger partial charge in [-0.05, 0) is 25.7 Å². The van der Waals surface area contributed by atoms with E-state index in [4.69, 9.17) is 5.11 Å². The molecule has 3 N–H and O–H groups in total. The number of carboxylic acid groups (broad SMARTS) is 1. The van der Waals surface area contributed by atoms with Crippen molar-refractivity contribution in [1.29, 1.82) is 0 Å². The smallest absolute Gasteiger partial charge is 0.326 e. The van der Waals surface area contributed by atoms with Gasteiger partial charge >= 0.3 is 12.0 Å².